The van der Waals surface area contributed by atoms with E-state index in [-0.39, 0.29) is 0 Å². The summed E-state index contributed by atoms with van der Waals surface area (Å²) in [5, 5.41) is 3.57. The van der Waals surface area contributed by atoms with Gasteiger partial charge in [-0.15, -0.1) is 0 Å². The number of nitrogens with zero attached hydrogens (tertiary/aromatic N) is 2. The van der Waals surface area contributed by atoms with Crippen molar-refractivity contribution in [2.75, 3.05) is 0 Å². The molecule has 0 fully saturated rings. The van der Waals surface area contributed by atoms with Gasteiger partial charge in [-0.3, -0.25) is 0 Å². The fourth-order valence-corrected chi connectivity index (χ4v) is 8.95. The summed E-state index contributed by atoms with van der Waals surface area (Å²) < 4.78 is 1.47. The van der Waals surface area contributed by atoms with Crippen molar-refractivity contribution in [1.82, 2.24) is 9.97 Å². The van der Waals surface area contributed by atoms with Crippen molar-refractivity contribution in [2.24, 2.45) is 0 Å². The van der Waals surface area contributed by atoms with Crippen molar-refractivity contribution < 1.29 is 0 Å². The Labute approximate surface area is 192 Å². The molecule has 5 rings (SSSR count). The van der Waals surface area contributed by atoms with E-state index in [2.05, 4.69) is 97.8 Å². The number of hydrogen-bond donors (Lipinski definition) is 0. The second-order valence-corrected chi connectivity index (χ2v) is 20.2. The van der Waals surface area contributed by atoms with Gasteiger partial charge in [0, 0.05) is 0 Å². The van der Waals surface area contributed by atoms with Crippen molar-refractivity contribution >= 4 is 39.3 Å². The number of hydrogen-bond acceptors (Lipinski definition) is 2. The fourth-order valence-electron chi connectivity index (χ4n) is 4.87. The normalized spacial score (nSPS) is 11.9. The molecule has 3 aromatic carbocycles. The monoisotopic (exact) mass is 478 g/mol. The van der Waals surface area contributed by atoms with Crippen LogP contribution in [0.4, 0.5) is 0 Å². The molecule has 0 amide bonds. The molecule has 0 unspecified atom stereocenters. The van der Waals surface area contributed by atoms with Crippen LogP contribution in [0.1, 0.15) is 11.1 Å². The standard InChI is InChI=1S/C29H28GeN2/c1-19-15-20(2)17-22(16-19)28-26-18-32-29-25(24(26)13-14-31-28)12-11-23(27(29)30(3,4)5)21-9-7-6-8-10-21/h6-18H,1-5H3. The molecule has 0 saturated heterocycles. The molecule has 2 heterocycles. The Morgan fingerprint density at radius 3 is 2.06 bits per heavy atom. The molecule has 5 aromatic rings. The molecule has 0 spiro atoms. The van der Waals surface area contributed by atoms with Gasteiger partial charge >= 0.3 is 193 Å². The van der Waals surface area contributed by atoms with E-state index < -0.39 is 13.3 Å². The first kappa shape index (κ1) is 20.9. The van der Waals surface area contributed by atoms with Crippen LogP contribution in [0.3, 0.4) is 0 Å². The second kappa shape index (κ2) is 7.86. The zero-order valence-corrected chi connectivity index (χ0v) is 21.5. The van der Waals surface area contributed by atoms with Crippen molar-refractivity contribution in [3.8, 4) is 22.4 Å². The molecule has 0 radical (unpaired) electrons. The van der Waals surface area contributed by atoms with Crippen LogP contribution in [0.2, 0.25) is 17.3 Å². The molecule has 2 aromatic heterocycles. The molecule has 0 N–H and O–H groups in total. The number of aromatic nitrogens is 2. The van der Waals surface area contributed by atoms with E-state index >= 15 is 0 Å². The summed E-state index contributed by atoms with van der Waals surface area (Å²) in [6, 6.07) is 24.1. The van der Waals surface area contributed by atoms with Gasteiger partial charge in [-0.1, -0.05) is 0 Å². The molecule has 32 heavy (non-hydrogen) atoms. The Balaban J connectivity index is 1.84. The number of fused-ring (bicyclic) bond motifs is 3. The summed E-state index contributed by atoms with van der Waals surface area (Å²) in [5.41, 5.74) is 8.44. The molecule has 0 aliphatic heterocycles. The zero-order chi connectivity index (χ0) is 22.5. The predicted molar refractivity (Wildman–Crippen MR) is 140 cm³/mol. The molecular weight excluding hydrogens is 449 g/mol. The zero-order valence-electron chi connectivity index (χ0n) is 19.4. The predicted octanol–water partition coefficient (Wildman–Crippen LogP) is 7.28. The first-order chi connectivity index (χ1) is 15.3. The third-order valence-corrected chi connectivity index (χ3v) is 10.3. The maximum atomic E-state index is 5.10. The van der Waals surface area contributed by atoms with Gasteiger partial charge in [0.2, 0.25) is 0 Å². The molecule has 2 nitrogen and oxygen atoms in total. The van der Waals surface area contributed by atoms with Crippen molar-refractivity contribution in [2.45, 2.75) is 31.1 Å². The van der Waals surface area contributed by atoms with Crippen LogP contribution in [0.15, 0.2) is 79.1 Å². The summed E-state index contributed by atoms with van der Waals surface area (Å²) in [4.78, 5) is 9.87. The van der Waals surface area contributed by atoms with E-state index in [1.807, 2.05) is 12.4 Å². The van der Waals surface area contributed by atoms with E-state index in [1.165, 1.54) is 37.4 Å². The number of rotatable bonds is 3. The molecule has 0 aliphatic rings. The van der Waals surface area contributed by atoms with Gasteiger partial charge in [-0.25, -0.2) is 0 Å². The number of pyridine rings is 2. The SMILES string of the molecule is Cc1cc(C)cc(-c2nccc3c2cnc2[c]([Ge]([CH3])([CH3])[CH3])c(-c4ccccc4)ccc23)c1. The number of aryl methyl sites for hydroxylation is 2. The number of benzene rings is 3. The average molecular weight is 477 g/mol. The molecular formula is C29H28GeN2. The van der Waals surface area contributed by atoms with Gasteiger partial charge in [0.25, 0.3) is 0 Å². The van der Waals surface area contributed by atoms with E-state index in [9.17, 15) is 0 Å². The first-order valence-electron chi connectivity index (χ1n) is 11.2. The molecule has 0 saturated carbocycles. The third-order valence-electron chi connectivity index (χ3n) is 6.11. The Hall–Kier alpha value is -2.98. The minimum atomic E-state index is -2.26. The molecule has 158 valence electrons. The molecule has 3 heteroatoms. The van der Waals surface area contributed by atoms with Gasteiger partial charge in [-0.2, -0.15) is 0 Å². The Kier molecular flexibility index (Phi) is 5.13. The van der Waals surface area contributed by atoms with Crippen molar-refractivity contribution in [1.29, 1.82) is 0 Å². The first-order valence-corrected chi connectivity index (χ1v) is 18.5. The topological polar surface area (TPSA) is 25.8 Å². The Bertz CT molecular complexity index is 1440. The van der Waals surface area contributed by atoms with Crippen molar-refractivity contribution in [3.05, 3.63) is 90.3 Å². The van der Waals surface area contributed by atoms with Gasteiger partial charge in [0.1, 0.15) is 0 Å². The van der Waals surface area contributed by atoms with Gasteiger partial charge in [0.15, 0.2) is 0 Å². The van der Waals surface area contributed by atoms with Crippen LogP contribution in [0, 0.1) is 13.8 Å². The molecule has 0 atom stereocenters. The summed E-state index contributed by atoms with van der Waals surface area (Å²) in [5.74, 6) is 7.38. The quantitative estimate of drug-likeness (QED) is 0.202. The summed E-state index contributed by atoms with van der Waals surface area (Å²) in [6.45, 7) is 4.28. The third kappa shape index (κ3) is 3.63. The van der Waals surface area contributed by atoms with E-state index in [0.717, 1.165) is 22.2 Å². The summed E-state index contributed by atoms with van der Waals surface area (Å²) in [7, 11) is 0. The minimum absolute atomic E-state index is 1.01. The van der Waals surface area contributed by atoms with Gasteiger partial charge in [0.05, 0.1) is 0 Å². The fraction of sp³-hybridized carbons (Fsp3) is 0.172. The van der Waals surface area contributed by atoms with Crippen LogP contribution in [0.5, 0.6) is 0 Å². The molecule has 0 aliphatic carbocycles. The second-order valence-electron chi connectivity index (χ2n) is 9.76. The molecule has 0 bridgehead atoms. The van der Waals surface area contributed by atoms with Gasteiger partial charge in [-0.05, 0) is 0 Å². The van der Waals surface area contributed by atoms with Crippen molar-refractivity contribution in [3.63, 3.8) is 0 Å². The van der Waals surface area contributed by atoms with Crippen LogP contribution in [-0.4, -0.2) is 23.2 Å². The van der Waals surface area contributed by atoms with E-state index in [0.29, 0.717) is 0 Å². The Morgan fingerprint density at radius 2 is 1.38 bits per heavy atom. The summed E-state index contributed by atoms with van der Waals surface area (Å²) >= 11 is -2.26. The van der Waals surface area contributed by atoms with Crippen LogP contribution in [0.25, 0.3) is 44.1 Å². The summed E-state index contributed by atoms with van der Waals surface area (Å²) in [6.07, 6.45) is 3.99. The average Bonchev–Trinajstić information content (AvgIpc) is 2.77. The maximum absolute atomic E-state index is 5.10. The van der Waals surface area contributed by atoms with Gasteiger partial charge < -0.3 is 0 Å². The van der Waals surface area contributed by atoms with E-state index in [4.69, 9.17) is 9.97 Å². The Morgan fingerprint density at radius 1 is 0.656 bits per heavy atom. The van der Waals surface area contributed by atoms with Crippen LogP contribution in [-0.2, 0) is 0 Å². The van der Waals surface area contributed by atoms with E-state index in [1.54, 1.807) is 0 Å². The van der Waals surface area contributed by atoms with Crippen LogP contribution < -0.4 is 4.40 Å². The van der Waals surface area contributed by atoms with Crippen LogP contribution >= 0.6 is 0 Å².